The van der Waals surface area contributed by atoms with Crippen LogP contribution in [-0.2, 0) is 22.6 Å². The zero-order chi connectivity index (χ0) is 20.7. The minimum absolute atomic E-state index is 0.144. The number of nitrogens with zero attached hydrogens (tertiary/aromatic N) is 1. The van der Waals surface area contributed by atoms with Crippen LogP contribution in [0.4, 0.5) is 0 Å². The van der Waals surface area contributed by atoms with Gasteiger partial charge in [0.15, 0.2) is 0 Å². The van der Waals surface area contributed by atoms with E-state index in [0.29, 0.717) is 22.5 Å². The van der Waals surface area contributed by atoms with Gasteiger partial charge in [0.1, 0.15) is 6.04 Å². The van der Waals surface area contributed by atoms with Crippen molar-refractivity contribution in [3.63, 3.8) is 0 Å². The number of nitrogens with one attached hydrogen (secondary N) is 1. The first kappa shape index (κ1) is 22.3. The van der Waals surface area contributed by atoms with Gasteiger partial charge in [0, 0.05) is 23.1 Å². The molecule has 28 heavy (non-hydrogen) atoms. The van der Waals surface area contributed by atoms with Gasteiger partial charge in [0.05, 0.1) is 6.42 Å². The highest BCUT2D eigenvalue weighted by Gasteiger charge is 2.26. The maximum atomic E-state index is 13.1. The van der Waals surface area contributed by atoms with Gasteiger partial charge in [-0.25, -0.2) is 0 Å². The van der Waals surface area contributed by atoms with Crippen molar-refractivity contribution in [1.82, 2.24) is 10.2 Å². The molecule has 6 heteroatoms. The van der Waals surface area contributed by atoms with E-state index < -0.39 is 6.04 Å². The fourth-order valence-corrected chi connectivity index (χ4v) is 3.05. The van der Waals surface area contributed by atoms with E-state index in [9.17, 15) is 9.59 Å². The molecule has 0 radical (unpaired) electrons. The third-order valence-electron chi connectivity index (χ3n) is 4.42. The van der Waals surface area contributed by atoms with Gasteiger partial charge in [-0.3, -0.25) is 9.59 Å². The average Bonchev–Trinajstić information content (AvgIpc) is 2.66. The van der Waals surface area contributed by atoms with Crippen LogP contribution in [0, 0.1) is 5.92 Å². The first-order chi connectivity index (χ1) is 13.3. The first-order valence-electron chi connectivity index (χ1n) is 9.33. The van der Waals surface area contributed by atoms with Crippen LogP contribution in [-0.4, -0.2) is 29.3 Å². The summed E-state index contributed by atoms with van der Waals surface area (Å²) in [4.78, 5) is 27.3. The molecule has 0 saturated carbocycles. The second kappa shape index (κ2) is 10.5. The third kappa shape index (κ3) is 6.54. The molecule has 2 aromatic carbocycles. The van der Waals surface area contributed by atoms with E-state index in [1.807, 2.05) is 44.2 Å². The number of rotatable bonds is 8. The number of benzene rings is 2. The second-order valence-corrected chi connectivity index (χ2v) is 8.07. The maximum Gasteiger partial charge on any atom is 0.242 e. The quantitative estimate of drug-likeness (QED) is 0.670. The highest BCUT2D eigenvalue weighted by Crippen LogP contribution is 2.20. The van der Waals surface area contributed by atoms with E-state index in [0.717, 1.165) is 11.1 Å². The van der Waals surface area contributed by atoms with Gasteiger partial charge >= 0.3 is 0 Å². The molecule has 150 valence electrons. The minimum Gasteiger partial charge on any atom is -0.354 e. The van der Waals surface area contributed by atoms with Crippen molar-refractivity contribution in [1.29, 1.82) is 0 Å². The third-order valence-corrected chi connectivity index (χ3v) is 5.04. The standard InChI is InChI=1S/C22H26Cl2N2O2/c1-15(2)13-25-22(28)16(3)26(14-18-6-4-5-7-20(18)24)21(27)12-17-8-10-19(23)11-9-17/h4-11,15-16H,12-14H2,1-3H3,(H,25,28)/t16-/m1/s1. The summed E-state index contributed by atoms with van der Waals surface area (Å²) in [6, 6.07) is 13.9. The van der Waals surface area contributed by atoms with Crippen LogP contribution < -0.4 is 5.32 Å². The van der Waals surface area contributed by atoms with Crippen molar-refractivity contribution < 1.29 is 9.59 Å². The molecule has 4 nitrogen and oxygen atoms in total. The minimum atomic E-state index is -0.616. The molecule has 1 atom stereocenters. The summed E-state index contributed by atoms with van der Waals surface area (Å²) < 4.78 is 0. The summed E-state index contributed by atoms with van der Waals surface area (Å²) in [7, 11) is 0. The summed E-state index contributed by atoms with van der Waals surface area (Å²) >= 11 is 12.2. The average molecular weight is 421 g/mol. The van der Waals surface area contributed by atoms with Gasteiger partial charge in [0.25, 0.3) is 0 Å². The largest absolute Gasteiger partial charge is 0.354 e. The van der Waals surface area contributed by atoms with Gasteiger partial charge < -0.3 is 10.2 Å². The van der Waals surface area contributed by atoms with Crippen molar-refractivity contribution in [3.05, 3.63) is 69.7 Å². The van der Waals surface area contributed by atoms with E-state index in [2.05, 4.69) is 5.32 Å². The number of hydrogen-bond acceptors (Lipinski definition) is 2. The molecule has 0 unspecified atom stereocenters. The highest BCUT2D eigenvalue weighted by atomic mass is 35.5. The van der Waals surface area contributed by atoms with Crippen molar-refractivity contribution in [2.45, 2.75) is 39.8 Å². The van der Waals surface area contributed by atoms with Crippen molar-refractivity contribution in [2.24, 2.45) is 5.92 Å². The summed E-state index contributed by atoms with van der Waals surface area (Å²) in [6.45, 7) is 6.62. The number of amides is 2. The Morgan fingerprint density at radius 1 is 1.00 bits per heavy atom. The molecule has 0 aliphatic rings. The van der Waals surface area contributed by atoms with Crippen LogP contribution in [0.15, 0.2) is 48.5 Å². The normalized spacial score (nSPS) is 11.9. The van der Waals surface area contributed by atoms with E-state index in [1.54, 1.807) is 30.0 Å². The predicted octanol–water partition coefficient (Wildman–Crippen LogP) is 4.73. The highest BCUT2D eigenvalue weighted by molar-refractivity contribution is 6.31. The molecule has 0 saturated heterocycles. The van der Waals surface area contributed by atoms with Gasteiger partial charge in [-0.05, 0) is 42.2 Å². The molecule has 2 aromatic rings. The second-order valence-electron chi connectivity index (χ2n) is 7.23. The van der Waals surface area contributed by atoms with E-state index in [-0.39, 0.29) is 24.8 Å². The topological polar surface area (TPSA) is 49.4 Å². The fourth-order valence-electron chi connectivity index (χ4n) is 2.72. The van der Waals surface area contributed by atoms with Gasteiger partial charge in [-0.1, -0.05) is 67.4 Å². The first-order valence-corrected chi connectivity index (χ1v) is 10.1. The molecule has 2 rings (SSSR count). The Balaban J connectivity index is 2.21. The lowest BCUT2D eigenvalue weighted by atomic mass is 10.1. The Hall–Kier alpha value is -2.04. The van der Waals surface area contributed by atoms with E-state index >= 15 is 0 Å². The Bertz CT molecular complexity index is 806. The van der Waals surface area contributed by atoms with E-state index in [4.69, 9.17) is 23.2 Å². The molecule has 0 bridgehead atoms. The lowest BCUT2D eigenvalue weighted by Crippen LogP contribution is -2.48. The molecule has 0 fully saturated rings. The maximum absolute atomic E-state index is 13.1. The Kier molecular flexibility index (Phi) is 8.34. The molecule has 0 aromatic heterocycles. The zero-order valence-electron chi connectivity index (χ0n) is 16.4. The Morgan fingerprint density at radius 2 is 1.64 bits per heavy atom. The molecular formula is C22H26Cl2N2O2. The van der Waals surface area contributed by atoms with Crippen LogP contribution in [0.5, 0.6) is 0 Å². The fraction of sp³-hybridized carbons (Fsp3) is 0.364. The predicted molar refractivity (Wildman–Crippen MR) is 114 cm³/mol. The Labute approximate surface area is 176 Å². The lowest BCUT2D eigenvalue weighted by molar-refractivity contribution is -0.140. The number of hydrogen-bond donors (Lipinski definition) is 1. The zero-order valence-corrected chi connectivity index (χ0v) is 17.9. The van der Waals surface area contributed by atoms with Crippen LogP contribution >= 0.6 is 23.2 Å². The molecule has 1 N–H and O–H groups in total. The molecule has 0 aliphatic carbocycles. The smallest absolute Gasteiger partial charge is 0.242 e. The molecule has 0 aliphatic heterocycles. The van der Waals surface area contributed by atoms with Gasteiger partial charge in [-0.15, -0.1) is 0 Å². The molecule has 2 amide bonds. The molecule has 0 spiro atoms. The van der Waals surface area contributed by atoms with Crippen LogP contribution in [0.3, 0.4) is 0 Å². The van der Waals surface area contributed by atoms with Crippen LogP contribution in [0.1, 0.15) is 31.9 Å². The monoisotopic (exact) mass is 420 g/mol. The molecule has 0 heterocycles. The van der Waals surface area contributed by atoms with Crippen molar-refractivity contribution >= 4 is 35.0 Å². The van der Waals surface area contributed by atoms with Gasteiger partial charge in [0.2, 0.25) is 11.8 Å². The molecular weight excluding hydrogens is 395 g/mol. The SMILES string of the molecule is CC(C)CNC(=O)[C@@H](C)N(Cc1ccccc1Cl)C(=O)Cc1ccc(Cl)cc1. The van der Waals surface area contributed by atoms with Crippen LogP contribution in [0.2, 0.25) is 10.0 Å². The summed E-state index contributed by atoms with van der Waals surface area (Å²) in [6.07, 6.45) is 0.184. The summed E-state index contributed by atoms with van der Waals surface area (Å²) in [5.74, 6) is 0.0117. The Morgan fingerprint density at radius 3 is 2.25 bits per heavy atom. The van der Waals surface area contributed by atoms with Crippen LogP contribution in [0.25, 0.3) is 0 Å². The lowest BCUT2D eigenvalue weighted by Gasteiger charge is -2.29. The summed E-state index contributed by atoms with van der Waals surface area (Å²) in [5.41, 5.74) is 1.64. The number of halogens is 2. The number of carbonyl (C=O) groups is 2. The summed E-state index contributed by atoms with van der Waals surface area (Å²) in [5, 5.41) is 4.09. The van der Waals surface area contributed by atoms with Gasteiger partial charge in [-0.2, -0.15) is 0 Å². The van der Waals surface area contributed by atoms with Crippen molar-refractivity contribution in [2.75, 3.05) is 6.54 Å². The number of carbonyl (C=O) groups excluding carboxylic acids is 2. The van der Waals surface area contributed by atoms with Crippen molar-refractivity contribution in [3.8, 4) is 0 Å². The van der Waals surface area contributed by atoms with E-state index in [1.165, 1.54) is 0 Å².